The highest BCUT2D eigenvalue weighted by molar-refractivity contribution is 7.99. The zero-order valence-electron chi connectivity index (χ0n) is 18.9. The molecule has 3 N–H and O–H groups in total. The minimum Gasteiger partial charge on any atom is -0.368 e. The highest BCUT2D eigenvalue weighted by Crippen LogP contribution is 2.27. The monoisotopic (exact) mass is 494 g/mol. The second-order valence-corrected chi connectivity index (χ2v) is 8.18. The van der Waals surface area contributed by atoms with Crippen molar-refractivity contribution in [2.75, 3.05) is 34.5 Å². The number of aryl methyl sites for hydroxylation is 1. The highest BCUT2D eigenvalue weighted by Gasteiger charge is 2.32. The summed E-state index contributed by atoms with van der Waals surface area (Å²) in [4.78, 5) is 24.4. The van der Waals surface area contributed by atoms with Crippen LogP contribution in [0.2, 0.25) is 0 Å². The molecule has 0 aliphatic carbocycles. The number of nitrogens with zero attached hydrogens (tertiary/aromatic N) is 5. The van der Waals surface area contributed by atoms with E-state index in [0.717, 1.165) is 11.6 Å². The molecule has 0 saturated heterocycles. The molecule has 0 radical (unpaired) electrons. The summed E-state index contributed by atoms with van der Waals surface area (Å²) in [7, 11) is 0. The number of carbonyl (C=O) groups excluding carboxylic acids is 1. The number of hydrogen-bond donors (Lipinski definition) is 3. The number of carbonyl (C=O) groups is 1. The number of nitrogens with one attached hydrogen (secondary N) is 3. The zero-order chi connectivity index (χ0) is 24.7. The first-order chi connectivity index (χ1) is 16.2. The van der Waals surface area contributed by atoms with Gasteiger partial charge in [0.05, 0.1) is 24.2 Å². The standard InChI is InChI=1S/C21H25F3N8OS/c1-4-25-19-18(30-17(33)12-34-3)13(2)29-20(31-19)27-8-15-9-28-32(11-15)10-14-5-6-16(26-7-14)21(22,23)24/h5-7,9,11H,4,8,10,12H2,1-3H3,(H,30,33)(H2,25,27,29,31). The molecule has 1 amide bonds. The quantitative estimate of drug-likeness (QED) is 0.391. The predicted molar refractivity (Wildman–Crippen MR) is 126 cm³/mol. The van der Waals surface area contributed by atoms with Crippen molar-refractivity contribution in [2.24, 2.45) is 0 Å². The van der Waals surface area contributed by atoms with Crippen molar-refractivity contribution in [3.8, 4) is 0 Å². The van der Waals surface area contributed by atoms with Crippen LogP contribution in [0.1, 0.15) is 29.4 Å². The van der Waals surface area contributed by atoms with Gasteiger partial charge in [0.2, 0.25) is 11.9 Å². The maximum atomic E-state index is 12.7. The number of aromatic nitrogens is 5. The number of rotatable bonds is 10. The molecule has 0 spiro atoms. The SMILES string of the molecule is CCNc1nc(NCc2cnn(Cc3ccc(C(F)(F)F)nc3)c2)nc(C)c1NC(=O)CSC. The Kier molecular flexibility index (Phi) is 8.31. The van der Waals surface area contributed by atoms with Gasteiger partial charge in [-0.15, -0.1) is 0 Å². The van der Waals surface area contributed by atoms with Crippen LogP contribution in [0.25, 0.3) is 0 Å². The molecule has 0 aliphatic heterocycles. The van der Waals surface area contributed by atoms with E-state index >= 15 is 0 Å². The average Bonchev–Trinajstić information content (AvgIpc) is 3.22. The Bertz CT molecular complexity index is 1120. The lowest BCUT2D eigenvalue weighted by Gasteiger charge is -2.15. The molecule has 13 heteroatoms. The van der Waals surface area contributed by atoms with E-state index in [1.54, 1.807) is 24.0 Å². The third-order valence-corrected chi connectivity index (χ3v) is 5.12. The van der Waals surface area contributed by atoms with Crippen LogP contribution in [0.4, 0.5) is 30.6 Å². The van der Waals surface area contributed by atoms with Crippen LogP contribution in [-0.2, 0) is 24.1 Å². The number of halogens is 3. The van der Waals surface area contributed by atoms with Crippen molar-refractivity contribution in [2.45, 2.75) is 33.1 Å². The van der Waals surface area contributed by atoms with Crippen molar-refractivity contribution >= 4 is 35.1 Å². The van der Waals surface area contributed by atoms with Gasteiger partial charge in [0.1, 0.15) is 11.4 Å². The van der Waals surface area contributed by atoms with Gasteiger partial charge in [0.15, 0.2) is 5.82 Å². The summed E-state index contributed by atoms with van der Waals surface area (Å²) in [6.45, 7) is 5.01. The van der Waals surface area contributed by atoms with Gasteiger partial charge in [-0.2, -0.15) is 35.0 Å². The summed E-state index contributed by atoms with van der Waals surface area (Å²) >= 11 is 1.42. The second kappa shape index (κ2) is 11.2. The molecular formula is C21H25F3N8OS. The Morgan fingerprint density at radius 2 is 1.94 bits per heavy atom. The van der Waals surface area contributed by atoms with Gasteiger partial charge in [-0.1, -0.05) is 6.07 Å². The summed E-state index contributed by atoms with van der Waals surface area (Å²) in [6.07, 6.45) is 2.01. The van der Waals surface area contributed by atoms with Gasteiger partial charge in [-0.25, -0.2) is 4.98 Å². The van der Waals surface area contributed by atoms with Crippen LogP contribution in [-0.4, -0.2) is 49.2 Å². The normalized spacial score (nSPS) is 11.4. The summed E-state index contributed by atoms with van der Waals surface area (Å²) in [5.41, 5.74) is 1.67. The highest BCUT2D eigenvalue weighted by atomic mass is 32.2. The number of alkyl halides is 3. The third kappa shape index (κ3) is 6.83. The predicted octanol–water partition coefficient (Wildman–Crippen LogP) is 3.79. The molecule has 0 bridgehead atoms. The van der Waals surface area contributed by atoms with Crippen LogP contribution < -0.4 is 16.0 Å². The van der Waals surface area contributed by atoms with Crippen molar-refractivity contribution in [1.29, 1.82) is 0 Å². The van der Waals surface area contributed by atoms with E-state index in [4.69, 9.17) is 0 Å². The Morgan fingerprint density at radius 1 is 1.15 bits per heavy atom. The molecule has 3 heterocycles. The Labute approximate surface area is 199 Å². The molecule has 182 valence electrons. The number of amides is 1. The lowest BCUT2D eigenvalue weighted by Crippen LogP contribution is -2.18. The van der Waals surface area contributed by atoms with E-state index in [0.29, 0.717) is 47.6 Å². The van der Waals surface area contributed by atoms with Gasteiger partial charge in [-0.3, -0.25) is 14.5 Å². The van der Waals surface area contributed by atoms with E-state index in [2.05, 4.69) is 36.0 Å². The fourth-order valence-corrected chi connectivity index (χ4v) is 3.38. The number of pyridine rings is 1. The Hall–Kier alpha value is -3.35. The minimum absolute atomic E-state index is 0.130. The maximum absolute atomic E-state index is 12.7. The molecule has 34 heavy (non-hydrogen) atoms. The van der Waals surface area contributed by atoms with E-state index in [9.17, 15) is 18.0 Å². The van der Waals surface area contributed by atoms with E-state index in [1.807, 2.05) is 13.2 Å². The van der Waals surface area contributed by atoms with Gasteiger partial charge in [-0.05, 0) is 31.7 Å². The van der Waals surface area contributed by atoms with Crippen LogP contribution in [0.5, 0.6) is 0 Å². The molecule has 3 aromatic heterocycles. The first kappa shape index (κ1) is 25.3. The maximum Gasteiger partial charge on any atom is 0.433 e. The summed E-state index contributed by atoms with van der Waals surface area (Å²) < 4.78 is 39.6. The molecule has 0 fully saturated rings. The fraction of sp³-hybridized carbons (Fsp3) is 0.381. The second-order valence-electron chi connectivity index (χ2n) is 7.32. The molecular weight excluding hydrogens is 469 g/mol. The lowest BCUT2D eigenvalue weighted by atomic mass is 10.2. The first-order valence-electron chi connectivity index (χ1n) is 10.4. The number of anilines is 3. The Balaban J connectivity index is 1.65. The van der Waals surface area contributed by atoms with Gasteiger partial charge < -0.3 is 16.0 Å². The van der Waals surface area contributed by atoms with Crippen molar-refractivity contribution < 1.29 is 18.0 Å². The van der Waals surface area contributed by atoms with E-state index in [1.165, 1.54) is 24.0 Å². The summed E-state index contributed by atoms with van der Waals surface area (Å²) in [5, 5.41) is 13.4. The largest absolute Gasteiger partial charge is 0.433 e. The van der Waals surface area contributed by atoms with E-state index < -0.39 is 11.9 Å². The molecule has 3 aromatic rings. The average molecular weight is 495 g/mol. The summed E-state index contributed by atoms with van der Waals surface area (Å²) in [5.74, 6) is 1.11. The van der Waals surface area contributed by atoms with Gasteiger partial charge >= 0.3 is 6.18 Å². The molecule has 0 atom stereocenters. The Morgan fingerprint density at radius 3 is 2.59 bits per heavy atom. The summed E-state index contributed by atoms with van der Waals surface area (Å²) in [6, 6.07) is 2.34. The topological polar surface area (TPSA) is 110 Å². The van der Waals surface area contributed by atoms with Gasteiger partial charge in [0.25, 0.3) is 0 Å². The fourth-order valence-electron chi connectivity index (χ4n) is 3.04. The van der Waals surface area contributed by atoms with Crippen molar-refractivity contribution in [3.05, 3.63) is 53.2 Å². The lowest BCUT2D eigenvalue weighted by molar-refractivity contribution is -0.141. The minimum atomic E-state index is -4.46. The molecule has 3 rings (SSSR count). The van der Waals surface area contributed by atoms with Crippen LogP contribution in [0.15, 0.2) is 30.7 Å². The third-order valence-electron chi connectivity index (χ3n) is 4.57. The molecule has 0 aromatic carbocycles. The van der Waals surface area contributed by atoms with Gasteiger partial charge in [0, 0.05) is 31.0 Å². The molecule has 0 saturated carbocycles. The van der Waals surface area contributed by atoms with Crippen molar-refractivity contribution in [3.63, 3.8) is 0 Å². The van der Waals surface area contributed by atoms with Crippen LogP contribution in [0, 0.1) is 6.92 Å². The van der Waals surface area contributed by atoms with Crippen LogP contribution in [0.3, 0.4) is 0 Å². The van der Waals surface area contributed by atoms with Crippen LogP contribution >= 0.6 is 11.8 Å². The van der Waals surface area contributed by atoms with E-state index in [-0.39, 0.29) is 12.5 Å². The molecule has 0 aliphatic rings. The first-order valence-corrected chi connectivity index (χ1v) is 11.8. The zero-order valence-corrected chi connectivity index (χ0v) is 19.7. The smallest absolute Gasteiger partial charge is 0.368 e. The number of hydrogen-bond acceptors (Lipinski definition) is 8. The number of thioether (sulfide) groups is 1. The molecule has 9 nitrogen and oxygen atoms in total. The molecule has 0 unspecified atom stereocenters. The van der Waals surface area contributed by atoms with Crippen molar-refractivity contribution in [1.82, 2.24) is 24.7 Å².